The Morgan fingerprint density at radius 1 is 0.767 bits per heavy atom. The van der Waals surface area contributed by atoms with Crippen molar-refractivity contribution in [3.63, 3.8) is 0 Å². The molecule has 0 aromatic heterocycles. The Bertz CT molecular complexity index is 989. The molecule has 3 aromatic carbocycles. The zero-order valence-electron chi connectivity index (χ0n) is 17.3. The second kappa shape index (κ2) is 8.55. The van der Waals surface area contributed by atoms with Gasteiger partial charge < -0.3 is 0 Å². The second-order valence-corrected chi connectivity index (χ2v) is 8.48. The number of piperazine rings is 1. The fourth-order valence-corrected chi connectivity index (χ4v) is 5.09. The number of carbonyl (C=O) groups is 1. The molecular weight excluding hydrogens is 368 g/mol. The average molecular weight is 397 g/mol. The van der Waals surface area contributed by atoms with Crippen LogP contribution in [-0.4, -0.2) is 42.3 Å². The zero-order valence-corrected chi connectivity index (χ0v) is 17.3. The summed E-state index contributed by atoms with van der Waals surface area (Å²) in [4.78, 5) is 16.3. The molecule has 0 saturated carbocycles. The summed E-state index contributed by atoms with van der Waals surface area (Å²) in [5.74, 6) is 0. The lowest BCUT2D eigenvalue weighted by molar-refractivity contribution is 0.104. The molecule has 1 heterocycles. The molecular formula is C27H28N2O. The minimum atomic E-state index is 0.348. The molecule has 152 valence electrons. The summed E-state index contributed by atoms with van der Waals surface area (Å²) >= 11 is 0. The Labute approximate surface area is 178 Å². The molecule has 3 nitrogen and oxygen atoms in total. The van der Waals surface area contributed by atoms with Crippen LogP contribution in [0.3, 0.4) is 0 Å². The number of aldehydes is 1. The number of aryl methyl sites for hydroxylation is 2. The van der Waals surface area contributed by atoms with E-state index in [1.807, 2.05) is 18.2 Å². The highest BCUT2D eigenvalue weighted by Gasteiger charge is 2.30. The predicted octanol–water partition coefficient (Wildman–Crippen LogP) is 4.50. The van der Waals surface area contributed by atoms with Crippen molar-refractivity contribution < 1.29 is 4.79 Å². The number of nitrogens with zero attached hydrogens (tertiary/aromatic N) is 2. The molecule has 1 aliphatic carbocycles. The van der Waals surface area contributed by atoms with Crippen LogP contribution in [0.1, 0.15) is 44.2 Å². The lowest BCUT2D eigenvalue weighted by Gasteiger charge is -2.40. The van der Waals surface area contributed by atoms with Crippen LogP contribution < -0.4 is 0 Å². The van der Waals surface area contributed by atoms with E-state index in [0.717, 1.165) is 57.4 Å². The van der Waals surface area contributed by atoms with Crippen LogP contribution in [0, 0.1) is 0 Å². The van der Waals surface area contributed by atoms with E-state index in [1.54, 1.807) is 0 Å². The normalized spacial score (nSPS) is 17.7. The van der Waals surface area contributed by atoms with Gasteiger partial charge in [0.1, 0.15) is 6.29 Å². The van der Waals surface area contributed by atoms with Crippen LogP contribution in [0.4, 0.5) is 0 Å². The highest BCUT2D eigenvalue weighted by molar-refractivity contribution is 5.74. The third kappa shape index (κ3) is 3.83. The van der Waals surface area contributed by atoms with Crippen molar-refractivity contribution in [2.75, 3.05) is 26.2 Å². The predicted molar refractivity (Wildman–Crippen MR) is 121 cm³/mol. The van der Waals surface area contributed by atoms with Gasteiger partial charge in [-0.2, -0.15) is 0 Å². The van der Waals surface area contributed by atoms with Gasteiger partial charge in [0.15, 0.2) is 0 Å². The summed E-state index contributed by atoms with van der Waals surface area (Å²) in [5.41, 5.74) is 7.93. The van der Waals surface area contributed by atoms with Crippen molar-refractivity contribution in [1.82, 2.24) is 9.80 Å². The Hall–Kier alpha value is -2.75. The van der Waals surface area contributed by atoms with E-state index in [1.165, 1.54) is 27.8 Å². The molecule has 1 saturated heterocycles. The first-order chi connectivity index (χ1) is 14.8. The third-order valence-electron chi connectivity index (χ3n) is 6.63. The Kier molecular flexibility index (Phi) is 5.48. The van der Waals surface area contributed by atoms with E-state index in [0.29, 0.717) is 6.04 Å². The van der Waals surface area contributed by atoms with Crippen LogP contribution in [-0.2, 0) is 19.4 Å². The van der Waals surface area contributed by atoms with Gasteiger partial charge >= 0.3 is 0 Å². The number of hydrogen-bond acceptors (Lipinski definition) is 3. The van der Waals surface area contributed by atoms with Gasteiger partial charge in [0.2, 0.25) is 0 Å². The Morgan fingerprint density at radius 2 is 1.40 bits per heavy atom. The molecule has 1 fully saturated rings. The van der Waals surface area contributed by atoms with Crippen molar-refractivity contribution in [3.8, 4) is 0 Å². The summed E-state index contributed by atoms with van der Waals surface area (Å²) in [6.45, 7) is 5.12. The van der Waals surface area contributed by atoms with Crippen LogP contribution in [0.25, 0.3) is 0 Å². The van der Waals surface area contributed by atoms with Gasteiger partial charge in [-0.15, -0.1) is 0 Å². The van der Waals surface area contributed by atoms with Crippen molar-refractivity contribution in [1.29, 1.82) is 0 Å². The lowest BCUT2D eigenvalue weighted by Crippen LogP contribution is -2.47. The number of fused-ring (bicyclic) bond motifs is 2. The number of benzene rings is 3. The van der Waals surface area contributed by atoms with Crippen molar-refractivity contribution in [2.45, 2.75) is 25.4 Å². The molecule has 3 heteroatoms. The zero-order chi connectivity index (χ0) is 20.3. The molecule has 0 unspecified atom stereocenters. The molecule has 0 atom stereocenters. The second-order valence-electron chi connectivity index (χ2n) is 8.48. The van der Waals surface area contributed by atoms with Gasteiger partial charge in [-0.05, 0) is 46.7 Å². The summed E-state index contributed by atoms with van der Waals surface area (Å²) in [7, 11) is 0. The minimum absolute atomic E-state index is 0.348. The van der Waals surface area contributed by atoms with Gasteiger partial charge in [0, 0.05) is 38.3 Å². The highest BCUT2D eigenvalue weighted by Crippen LogP contribution is 2.37. The number of carbonyl (C=O) groups excluding carboxylic acids is 1. The highest BCUT2D eigenvalue weighted by atomic mass is 16.1. The topological polar surface area (TPSA) is 23.6 Å². The molecule has 0 bridgehead atoms. The fourth-order valence-electron chi connectivity index (χ4n) is 5.09. The van der Waals surface area contributed by atoms with Crippen LogP contribution in [0.15, 0.2) is 72.8 Å². The number of hydrogen-bond donors (Lipinski definition) is 0. The van der Waals surface area contributed by atoms with E-state index in [4.69, 9.17) is 0 Å². The maximum absolute atomic E-state index is 11.1. The van der Waals surface area contributed by atoms with Crippen molar-refractivity contribution >= 4 is 6.29 Å². The molecule has 0 amide bonds. The van der Waals surface area contributed by atoms with E-state index < -0.39 is 0 Å². The van der Waals surface area contributed by atoms with Gasteiger partial charge in [0.25, 0.3) is 0 Å². The molecule has 0 radical (unpaired) electrons. The molecule has 30 heavy (non-hydrogen) atoms. The van der Waals surface area contributed by atoms with E-state index >= 15 is 0 Å². The molecule has 5 rings (SSSR count). The summed E-state index contributed by atoms with van der Waals surface area (Å²) in [6, 6.07) is 26.4. The molecule has 0 N–H and O–H groups in total. The van der Waals surface area contributed by atoms with Crippen LogP contribution >= 0.6 is 0 Å². The number of rotatable bonds is 4. The van der Waals surface area contributed by atoms with Gasteiger partial charge in [-0.25, -0.2) is 0 Å². The molecule has 1 aliphatic heterocycles. The van der Waals surface area contributed by atoms with E-state index in [-0.39, 0.29) is 0 Å². The standard InChI is InChI=1S/C27H28N2O/c30-20-22-7-5-6-21(18-22)19-28-14-16-29(17-15-28)27-25-10-3-1-8-23(25)12-13-24-9-2-4-11-26(24)27/h1-11,18,20,27H,12-17,19H2. The fraction of sp³-hybridized carbons (Fsp3) is 0.296. The third-order valence-corrected chi connectivity index (χ3v) is 6.63. The molecule has 2 aliphatic rings. The monoisotopic (exact) mass is 396 g/mol. The van der Waals surface area contributed by atoms with Gasteiger partial charge in [0.05, 0.1) is 6.04 Å². The van der Waals surface area contributed by atoms with Gasteiger partial charge in [-0.1, -0.05) is 66.7 Å². The first kappa shape index (κ1) is 19.2. The van der Waals surface area contributed by atoms with E-state index in [9.17, 15) is 4.79 Å². The largest absolute Gasteiger partial charge is 0.298 e. The lowest BCUT2D eigenvalue weighted by atomic mass is 9.92. The maximum Gasteiger partial charge on any atom is 0.150 e. The van der Waals surface area contributed by atoms with E-state index in [2.05, 4.69) is 64.4 Å². The molecule has 3 aromatic rings. The minimum Gasteiger partial charge on any atom is -0.298 e. The SMILES string of the molecule is O=Cc1cccc(CN2CCN(C3c4ccccc4CCc4ccccc43)CC2)c1. The van der Waals surface area contributed by atoms with Gasteiger partial charge in [-0.3, -0.25) is 14.6 Å². The van der Waals surface area contributed by atoms with Crippen molar-refractivity contribution in [2.24, 2.45) is 0 Å². The average Bonchev–Trinajstić information content (AvgIpc) is 2.97. The quantitative estimate of drug-likeness (QED) is 0.607. The summed E-state index contributed by atoms with van der Waals surface area (Å²) < 4.78 is 0. The molecule has 0 spiro atoms. The first-order valence-electron chi connectivity index (χ1n) is 11.0. The Morgan fingerprint density at radius 3 is 2.03 bits per heavy atom. The van der Waals surface area contributed by atoms with Crippen LogP contribution in [0.5, 0.6) is 0 Å². The van der Waals surface area contributed by atoms with Crippen molar-refractivity contribution in [3.05, 3.63) is 106 Å². The summed E-state index contributed by atoms with van der Waals surface area (Å²) in [6.07, 6.45) is 3.18. The Balaban J connectivity index is 1.36. The summed E-state index contributed by atoms with van der Waals surface area (Å²) in [5, 5.41) is 0. The first-order valence-corrected chi connectivity index (χ1v) is 11.0. The smallest absolute Gasteiger partial charge is 0.150 e. The maximum atomic E-state index is 11.1. The van der Waals surface area contributed by atoms with Crippen LogP contribution in [0.2, 0.25) is 0 Å².